The Kier molecular flexibility index (Phi) is 1.55. The summed E-state index contributed by atoms with van der Waals surface area (Å²) in [5.74, 6) is -0.371. The molecule has 0 aliphatic heterocycles. The van der Waals surface area contributed by atoms with Crippen molar-refractivity contribution in [1.29, 1.82) is 5.41 Å². The molecule has 0 saturated heterocycles. The highest BCUT2D eigenvalue weighted by atomic mass is 19.1. The minimum Gasteiger partial charge on any atom is -0.453 e. The van der Waals surface area contributed by atoms with Crippen LogP contribution in [0.5, 0.6) is 0 Å². The number of furan rings is 1. The molecule has 0 atom stereocenters. The first-order chi connectivity index (χ1) is 6.18. The van der Waals surface area contributed by atoms with Crippen LogP contribution in [0.4, 0.5) is 4.39 Å². The van der Waals surface area contributed by atoms with Crippen LogP contribution in [0.15, 0.2) is 28.7 Å². The van der Waals surface area contributed by atoms with Crippen molar-refractivity contribution in [3.8, 4) is 0 Å². The van der Waals surface area contributed by atoms with Gasteiger partial charge in [-0.25, -0.2) is 4.39 Å². The van der Waals surface area contributed by atoms with Gasteiger partial charge < -0.3 is 10.2 Å². The number of fused-ring (bicyclic) bond motifs is 1. The number of amidine groups is 1. The number of nitrogen functional groups attached to an aromatic ring is 1. The topological polar surface area (TPSA) is 63.0 Å². The van der Waals surface area contributed by atoms with Crippen molar-refractivity contribution < 1.29 is 8.81 Å². The molecule has 3 nitrogen and oxygen atoms in total. The maximum Gasteiger partial charge on any atom is 0.169 e. The molecule has 4 heteroatoms. The van der Waals surface area contributed by atoms with Gasteiger partial charge in [0.15, 0.2) is 11.6 Å². The predicted molar refractivity (Wildman–Crippen MR) is 47.2 cm³/mol. The Hall–Kier alpha value is -1.84. The van der Waals surface area contributed by atoms with E-state index in [1.165, 1.54) is 12.1 Å². The summed E-state index contributed by atoms with van der Waals surface area (Å²) in [6.45, 7) is 0. The van der Waals surface area contributed by atoms with Crippen LogP contribution in [0.25, 0.3) is 11.0 Å². The van der Waals surface area contributed by atoms with Crippen LogP contribution in [0, 0.1) is 11.2 Å². The van der Waals surface area contributed by atoms with Gasteiger partial charge in [-0.05, 0) is 18.2 Å². The summed E-state index contributed by atoms with van der Waals surface area (Å²) in [6.07, 6.45) is 0. The Labute approximate surface area is 73.5 Å². The number of halogens is 1. The molecule has 0 spiro atoms. The summed E-state index contributed by atoms with van der Waals surface area (Å²) in [7, 11) is 0. The summed E-state index contributed by atoms with van der Waals surface area (Å²) >= 11 is 0. The van der Waals surface area contributed by atoms with Gasteiger partial charge in [0.2, 0.25) is 0 Å². The van der Waals surface area contributed by atoms with E-state index < -0.39 is 0 Å². The van der Waals surface area contributed by atoms with Gasteiger partial charge in [0.05, 0.1) is 5.39 Å². The quantitative estimate of drug-likeness (QED) is 0.517. The van der Waals surface area contributed by atoms with Gasteiger partial charge in [0, 0.05) is 0 Å². The number of nitrogens with two attached hydrogens (primary N) is 1. The molecule has 2 rings (SSSR count). The normalized spacial score (nSPS) is 10.5. The molecule has 3 N–H and O–H groups in total. The highest BCUT2D eigenvalue weighted by Gasteiger charge is 2.08. The zero-order valence-electron chi connectivity index (χ0n) is 6.67. The summed E-state index contributed by atoms with van der Waals surface area (Å²) < 4.78 is 18.2. The van der Waals surface area contributed by atoms with Gasteiger partial charge in [-0.3, -0.25) is 5.41 Å². The molecule has 1 aromatic heterocycles. The number of benzene rings is 1. The van der Waals surface area contributed by atoms with E-state index in [0.717, 1.165) is 0 Å². The van der Waals surface area contributed by atoms with Gasteiger partial charge in [0.1, 0.15) is 11.4 Å². The first kappa shape index (κ1) is 7.79. The van der Waals surface area contributed by atoms with Gasteiger partial charge in [-0.1, -0.05) is 6.07 Å². The van der Waals surface area contributed by atoms with Crippen molar-refractivity contribution >= 4 is 16.8 Å². The van der Waals surface area contributed by atoms with Crippen LogP contribution in [0.2, 0.25) is 0 Å². The second kappa shape index (κ2) is 2.58. The maximum atomic E-state index is 13.1. The lowest BCUT2D eigenvalue weighted by atomic mass is 10.2. The first-order valence-electron chi connectivity index (χ1n) is 3.71. The van der Waals surface area contributed by atoms with Crippen molar-refractivity contribution in [3.63, 3.8) is 0 Å². The van der Waals surface area contributed by atoms with E-state index in [-0.39, 0.29) is 17.4 Å². The van der Waals surface area contributed by atoms with Crippen molar-refractivity contribution in [3.05, 3.63) is 35.8 Å². The molecule has 0 radical (unpaired) electrons. The van der Waals surface area contributed by atoms with Crippen molar-refractivity contribution in [2.45, 2.75) is 0 Å². The smallest absolute Gasteiger partial charge is 0.169 e. The van der Waals surface area contributed by atoms with E-state index in [9.17, 15) is 4.39 Å². The molecule has 66 valence electrons. The van der Waals surface area contributed by atoms with Crippen LogP contribution in [0.3, 0.4) is 0 Å². The Balaban J connectivity index is 2.75. The van der Waals surface area contributed by atoms with E-state index in [2.05, 4.69) is 0 Å². The van der Waals surface area contributed by atoms with Crippen LogP contribution in [-0.4, -0.2) is 5.84 Å². The fourth-order valence-electron chi connectivity index (χ4n) is 1.16. The molecule has 0 amide bonds. The van der Waals surface area contributed by atoms with Crippen LogP contribution in [-0.2, 0) is 0 Å². The lowest BCUT2D eigenvalue weighted by Crippen LogP contribution is -2.09. The number of hydrogen-bond donors (Lipinski definition) is 2. The second-order valence-electron chi connectivity index (χ2n) is 2.68. The summed E-state index contributed by atoms with van der Waals surface area (Å²) in [5.41, 5.74) is 5.60. The third-order valence-corrected chi connectivity index (χ3v) is 1.77. The fourth-order valence-corrected chi connectivity index (χ4v) is 1.16. The molecular formula is C9H7FN2O. The Morgan fingerprint density at radius 3 is 2.85 bits per heavy atom. The minimum atomic E-state index is -0.367. The first-order valence-corrected chi connectivity index (χ1v) is 3.71. The Bertz CT molecular complexity index is 475. The average Bonchev–Trinajstić information content (AvgIpc) is 2.49. The molecule has 0 aliphatic rings. The molecule has 0 fully saturated rings. The number of rotatable bonds is 1. The van der Waals surface area contributed by atoms with Crippen molar-refractivity contribution in [1.82, 2.24) is 0 Å². The lowest BCUT2D eigenvalue weighted by molar-refractivity contribution is 0.599. The van der Waals surface area contributed by atoms with Crippen LogP contribution >= 0.6 is 0 Å². The van der Waals surface area contributed by atoms with E-state index in [0.29, 0.717) is 11.0 Å². The molecule has 0 bridgehead atoms. The number of nitrogens with one attached hydrogen (secondary N) is 1. The number of hydrogen-bond acceptors (Lipinski definition) is 2. The fraction of sp³-hybridized carbons (Fsp3) is 0. The standard InChI is InChI=1S/C9H7FN2O/c10-6-2-1-3-7-5(6)4-8(13-7)9(11)12/h1-4H,(H3,11,12). The lowest BCUT2D eigenvalue weighted by Gasteiger charge is -1.87. The summed E-state index contributed by atoms with van der Waals surface area (Å²) in [5, 5.41) is 7.45. The summed E-state index contributed by atoms with van der Waals surface area (Å²) in [6, 6.07) is 5.94. The third kappa shape index (κ3) is 1.16. The molecule has 13 heavy (non-hydrogen) atoms. The molecule has 2 aromatic rings. The van der Waals surface area contributed by atoms with Crippen LogP contribution in [0.1, 0.15) is 5.76 Å². The molecular weight excluding hydrogens is 171 g/mol. The molecule has 1 aromatic carbocycles. The van der Waals surface area contributed by atoms with E-state index in [1.807, 2.05) is 0 Å². The predicted octanol–water partition coefficient (Wildman–Crippen LogP) is 1.86. The molecule has 1 heterocycles. The zero-order valence-corrected chi connectivity index (χ0v) is 6.67. The zero-order chi connectivity index (χ0) is 9.42. The van der Waals surface area contributed by atoms with Crippen LogP contribution < -0.4 is 5.73 Å². The van der Waals surface area contributed by atoms with E-state index in [1.54, 1.807) is 12.1 Å². The Morgan fingerprint density at radius 2 is 2.23 bits per heavy atom. The SMILES string of the molecule is N=C(N)c1cc2c(F)cccc2o1. The second-order valence-corrected chi connectivity index (χ2v) is 2.68. The largest absolute Gasteiger partial charge is 0.453 e. The van der Waals surface area contributed by atoms with E-state index in [4.69, 9.17) is 15.6 Å². The van der Waals surface area contributed by atoms with Gasteiger partial charge in [-0.15, -0.1) is 0 Å². The average molecular weight is 178 g/mol. The third-order valence-electron chi connectivity index (χ3n) is 1.77. The van der Waals surface area contributed by atoms with Crippen molar-refractivity contribution in [2.75, 3.05) is 0 Å². The summed E-state index contributed by atoms with van der Waals surface area (Å²) in [4.78, 5) is 0. The molecule has 0 saturated carbocycles. The highest BCUT2D eigenvalue weighted by molar-refractivity contribution is 5.96. The maximum absolute atomic E-state index is 13.1. The Morgan fingerprint density at radius 1 is 1.46 bits per heavy atom. The monoisotopic (exact) mass is 178 g/mol. The molecule has 0 aliphatic carbocycles. The van der Waals surface area contributed by atoms with Gasteiger partial charge in [0.25, 0.3) is 0 Å². The van der Waals surface area contributed by atoms with Gasteiger partial charge >= 0.3 is 0 Å². The van der Waals surface area contributed by atoms with Gasteiger partial charge in [-0.2, -0.15) is 0 Å². The van der Waals surface area contributed by atoms with Crippen molar-refractivity contribution in [2.24, 2.45) is 5.73 Å². The molecule has 0 unspecified atom stereocenters. The minimum absolute atomic E-state index is 0.195. The van der Waals surface area contributed by atoms with E-state index >= 15 is 0 Å². The highest BCUT2D eigenvalue weighted by Crippen LogP contribution is 2.21.